The summed E-state index contributed by atoms with van der Waals surface area (Å²) in [5.74, 6) is -1.18. The van der Waals surface area contributed by atoms with Crippen molar-refractivity contribution in [1.82, 2.24) is 19.5 Å². The number of fused-ring (bicyclic) bond motifs is 1. The maximum atomic E-state index is 11.4. The van der Waals surface area contributed by atoms with Gasteiger partial charge in [0, 0.05) is 0 Å². The molecule has 0 atom stereocenters. The minimum atomic E-state index is -1.18. The van der Waals surface area contributed by atoms with E-state index in [1.54, 1.807) is 6.92 Å². The van der Waals surface area contributed by atoms with Gasteiger partial charge in [-0.25, -0.2) is 4.98 Å². The molecule has 0 aliphatic rings. The van der Waals surface area contributed by atoms with E-state index in [0.29, 0.717) is 0 Å². The third-order valence-electron chi connectivity index (χ3n) is 1.94. The van der Waals surface area contributed by atoms with Crippen LogP contribution < -0.4 is 22.8 Å². The molecule has 0 saturated carbocycles. The highest BCUT2D eigenvalue weighted by Crippen LogP contribution is 2.10. The summed E-state index contributed by atoms with van der Waals surface area (Å²) in [5, 5.41) is 0. The molecule has 0 aliphatic carbocycles. The predicted octanol–water partition coefficient (Wildman–Crippen LogP) is -1.75. The van der Waals surface area contributed by atoms with Gasteiger partial charge < -0.3 is 5.73 Å². The first kappa shape index (κ1) is 9.62. The molecule has 0 radical (unpaired) electrons. The molecule has 8 heteroatoms. The SMILES string of the molecule is CC(N)(N)n1cnc2c(=O)[nH]c(N)nc21. The van der Waals surface area contributed by atoms with Gasteiger partial charge in [-0.15, -0.1) is 0 Å². The molecule has 0 unspecified atom stereocenters. The Kier molecular flexibility index (Phi) is 1.78. The van der Waals surface area contributed by atoms with Crippen LogP contribution in [0, 0.1) is 0 Å². The molecule has 0 aliphatic heterocycles. The fraction of sp³-hybridized carbons (Fsp3) is 0.286. The summed E-state index contributed by atoms with van der Waals surface area (Å²) in [6, 6.07) is 0. The fourth-order valence-corrected chi connectivity index (χ4v) is 1.28. The van der Waals surface area contributed by atoms with Gasteiger partial charge in [0.25, 0.3) is 5.56 Å². The number of rotatable bonds is 1. The number of nitrogens with zero attached hydrogens (tertiary/aromatic N) is 3. The minimum Gasteiger partial charge on any atom is -0.369 e. The van der Waals surface area contributed by atoms with Gasteiger partial charge in [0.1, 0.15) is 5.79 Å². The van der Waals surface area contributed by atoms with Crippen LogP contribution in [-0.2, 0) is 5.79 Å². The normalized spacial score (nSPS) is 12.2. The van der Waals surface area contributed by atoms with Gasteiger partial charge in [-0.1, -0.05) is 0 Å². The number of nitrogens with one attached hydrogen (secondary N) is 1. The monoisotopic (exact) mass is 209 g/mol. The average Bonchev–Trinajstić information content (AvgIpc) is 2.45. The first-order valence-corrected chi connectivity index (χ1v) is 4.20. The number of aromatic nitrogens is 4. The first-order valence-electron chi connectivity index (χ1n) is 4.20. The number of nitrogen functional groups attached to an aromatic ring is 1. The Morgan fingerprint density at radius 2 is 2.20 bits per heavy atom. The number of imidazole rings is 1. The van der Waals surface area contributed by atoms with Crippen LogP contribution in [0.25, 0.3) is 11.2 Å². The Bertz CT molecular complexity index is 561. The van der Waals surface area contributed by atoms with Crippen molar-refractivity contribution < 1.29 is 0 Å². The molecule has 2 rings (SSSR count). The highest BCUT2D eigenvalue weighted by atomic mass is 16.1. The zero-order valence-corrected chi connectivity index (χ0v) is 8.06. The van der Waals surface area contributed by atoms with E-state index in [1.807, 2.05) is 0 Å². The van der Waals surface area contributed by atoms with Crippen molar-refractivity contribution in [2.75, 3.05) is 5.73 Å². The zero-order valence-electron chi connectivity index (χ0n) is 8.06. The quantitative estimate of drug-likeness (QED) is 0.410. The van der Waals surface area contributed by atoms with E-state index in [4.69, 9.17) is 17.2 Å². The van der Waals surface area contributed by atoms with Gasteiger partial charge >= 0.3 is 0 Å². The molecule has 0 bridgehead atoms. The van der Waals surface area contributed by atoms with Gasteiger partial charge in [0.15, 0.2) is 11.2 Å². The topological polar surface area (TPSA) is 142 Å². The molecule has 2 heterocycles. The van der Waals surface area contributed by atoms with Crippen LogP contribution in [0.5, 0.6) is 0 Å². The lowest BCUT2D eigenvalue weighted by Gasteiger charge is -2.20. The molecule has 0 amide bonds. The summed E-state index contributed by atoms with van der Waals surface area (Å²) >= 11 is 0. The third kappa shape index (κ3) is 1.45. The zero-order chi connectivity index (χ0) is 11.2. The fourth-order valence-electron chi connectivity index (χ4n) is 1.28. The Morgan fingerprint density at radius 1 is 1.53 bits per heavy atom. The van der Waals surface area contributed by atoms with E-state index >= 15 is 0 Å². The van der Waals surface area contributed by atoms with Gasteiger partial charge in [-0.05, 0) is 6.92 Å². The lowest BCUT2D eigenvalue weighted by Crippen LogP contribution is -2.48. The lowest BCUT2D eigenvalue weighted by atomic mass is 10.4. The number of hydrogen-bond donors (Lipinski definition) is 4. The standard InChI is InChI=1S/C7H11N7O/c1-7(9,10)14-2-11-3-4(14)12-6(8)13-5(3)15/h2H,9-10H2,1H3,(H3,8,12,13,15). The van der Waals surface area contributed by atoms with E-state index in [2.05, 4.69) is 15.0 Å². The highest BCUT2D eigenvalue weighted by molar-refractivity contribution is 5.70. The van der Waals surface area contributed by atoms with Crippen molar-refractivity contribution in [1.29, 1.82) is 0 Å². The summed E-state index contributed by atoms with van der Waals surface area (Å²) < 4.78 is 1.38. The molecule has 8 nitrogen and oxygen atoms in total. The molecule has 0 spiro atoms. The van der Waals surface area contributed by atoms with Crippen molar-refractivity contribution in [2.45, 2.75) is 12.7 Å². The van der Waals surface area contributed by atoms with E-state index in [-0.39, 0.29) is 17.1 Å². The molecule has 2 aromatic heterocycles. The van der Waals surface area contributed by atoms with Crippen molar-refractivity contribution in [3.05, 3.63) is 16.7 Å². The van der Waals surface area contributed by atoms with Crippen molar-refractivity contribution in [3.63, 3.8) is 0 Å². The van der Waals surface area contributed by atoms with Crippen LogP contribution in [-0.4, -0.2) is 19.5 Å². The van der Waals surface area contributed by atoms with Crippen LogP contribution in [0.1, 0.15) is 6.92 Å². The molecule has 15 heavy (non-hydrogen) atoms. The highest BCUT2D eigenvalue weighted by Gasteiger charge is 2.19. The first-order chi connectivity index (χ1) is 6.89. The van der Waals surface area contributed by atoms with E-state index in [9.17, 15) is 4.79 Å². The number of nitrogens with two attached hydrogens (primary N) is 3. The smallest absolute Gasteiger partial charge is 0.280 e. The second-order valence-electron chi connectivity index (χ2n) is 3.46. The molecular weight excluding hydrogens is 198 g/mol. The summed E-state index contributed by atoms with van der Waals surface area (Å²) in [6.07, 6.45) is 1.35. The van der Waals surface area contributed by atoms with Gasteiger partial charge in [-0.3, -0.25) is 25.8 Å². The van der Waals surface area contributed by atoms with Gasteiger partial charge in [0.05, 0.1) is 6.33 Å². The average molecular weight is 209 g/mol. The minimum absolute atomic E-state index is 0.00139. The van der Waals surface area contributed by atoms with Crippen LogP contribution in [0.2, 0.25) is 0 Å². The maximum Gasteiger partial charge on any atom is 0.280 e. The molecule has 80 valence electrons. The van der Waals surface area contributed by atoms with Crippen LogP contribution in [0.3, 0.4) is 0 Å². The molecule has 7 N–H and O–H groups in total. The molecular formula is C7H11N7O. The van der Waals surface area contributed by atoms with E-state index < -0.39 is 11.3 Å². The lowest BCUT2D eigenvalue weighted by molar-refractivity contribution is 0.355. The number of H-pyrrole nitrogens is 1. The summed E-state index contributed by atoms with van der Waals surface area (Å²) in [6.45, 7) is 1.56. The number of anilines is 1. The van der Waals surface area contributed by atoms with Crippen molar-refractivity contribution in [3.8, 4) is 0 Å². The summed E-state index contributed by atoms with van der Waals surface area (Å²) in [5.41, 5.74) is 16.8. The van der Waals surface area contributed by atoms with E-state index in [0.717, 1.165) is 0 Å². The Labute approximate surface area is 84.1 Å². The third-order valence-corrected chi connectivity index (χ3v) is 1.94. The van der Waals surface area contributed by atoms with Gasteiger partial charge in [0.2, 0.25) is 5.95 Å². The Morgan fingerprint density at radius 3 is 2.80 bits per heavy atom. The number of aromatic amines is 1. The maximum absolute atomic E-state index is 11.4. The van der Waals surface area contributed by atoms with Gasteiger partial charge in [-0.2, -0.15) is 4.98 Å². The second-order valence-corrected chi connectivity index (χ2v) is 3.46. The Balaban J connectivity index is 2.86. The molecule has 0 saturated heterocycles. The van der Waals surface area contributed by atoms with E-state index in [1.165, 1.54) is 10.9 Å². The predicted molar refractivity (Wildman–Crippen MR) is 54.6 cm³/mol. The Hall–Kier alpha value is -1.93. The van der Waals surface area contributed by atoms with Crippen LogP contribution in [0.4, 0.5) is 5.95 Å². The number of hydrogen-bond acceptors (Lipinski definition) is 6. The second kappa shape index (κ2) is 2.78. The van der Waals surface area contributed by atoms with Crippen LogP contribution in [0.15, 0.2) is 11.1 Å². The van der Waals surface area contributed by atoms with Crippen LogP contribution >= 0.6 is 0 Å². The molecule has 2 aromatic rings. The summed E-state index contributed by atoms with van der Waals surface area (Å²) in [4.78, 5) is 21.5. The summed E-state index contributed by atoms with van der Waals surface area (Å²) in [7, 11) is 0. The largest absolute Gasteiger partial charge is 0.369 e. The van der Waals surface area contributed by atoms with Crippen molar-refractivity contribution in [2.24, 2.45) is 11.5 Å². The van der Waals surface area contributed by atoms with Crippen molar-refractivity contribution >= 4 is 17.1 Å². The molecule has 0 aromatic carbocycles. The molecule has 0 fully saturated rings.